The average molecular weight is 233 g/mol. The Balaban J connectivity index is 1.96. The molecule has 0 aliphatic carbocycles. The van der Waals surface area contributed by atoms with Crippen molar-refractivity contribution >= 4 is 11.3 Å². The van der Waals surface area contributed by atoms with Crippen LogP contribution in [0.1, 0.15) is 23.0 Å². The molecule has 0 aromatic carbocycles. The first-order valence-electron chi connectivity index (χ1n) is 5.39. The van der Waals surface area contributed by atoms with E-state index >= 15 is 0 Å². The zero-order chi connectivity index (χ0) is 11.2. The van der Waals surface area contributed by atoms with Gasteiger partial charge in [0.2, 0.25) is 0 Å². The molecule has 0 bridgehead atoms. The molecule has 0 aliphatic heterocycles. The summed E-state index contributed by atoms with van der Waals surface area (Å²) < 4.78 is 0. The predicted molar refractivity (Wildman–Crippen MR) is 66.5 cm³/mol. The quantitative estimate of drug-likeness (QED) is 0.861. The molecule has 4 heteroatoms. The molecule has 0 saturated heterocycles. The number of hydrogen-bond acceptors (Lipinski definition) is 4. The third-order valence-corrected chi connectivity index (χ3v) is 3.42. The van der Waals surface area contributed by atoms with Gasteiger partial charge in [0, 0.05) is 35.9 Å². The second kappa shape index (κ2) is 5.72. The first-order valence-corrected chi connectivity index (χ1v) is 6.27. The largest absolute Gasteiger partial charge is 0.330 e. The lowest BCUT2D eigenvalue weighted by atomic mass is 9.99. The molecule has 1 unspecified atom stereocenters. The topological polar surface area (TPSA) is 51.8 Å². The van der Waals surface area contributed by atoms with Crippen molar-refractivity contribution in [3.05, 3.63) is 46.7 Å². The minimum atomic E-state index is 0.338. The van der Waals surface area contributed by atoms with Crippen LogP contribution in [0.5, 0.6) is 0 Å². The van der Waals surface area contributed by atoms with Crippen LogP contribution in [-0.4, -0.2) is 16.5 Å². The predicted octanol–water partition coefficient (Wildman–Crippen LogP) is 2.21. The van der Waals surface area contributed by atoms with Crippen LogP contribution in [0.4, 0.5) is 0 Å². The standard InChI is InChI=1S/C12H15N3S/c13-9-10(11-3-1-2-6-14-11)4-5-12-15-7-8-16-12/h1-3,6-8,10H,4-5,9,13H2. The van der Waals surface area contributed by atoms with E-state index < -0.39 is 0 Å². The molecular formula is C12H15N3S. The summed E-state index contributed by atoms with van der Waals surface area (Å²) >= 11 is 1.70. The molecule has 84 valence electrons. The molecule has 0 saturated carbocycles. The van der Waals surface area contributed by atoms with E-state index in [4.69, 9.17) is 5.73 Å². The Morgan fingerprint density at radius 3 is 2.81 bits per heavy atom. The van der Waals surface area contributed by atoms with Crippen LogP contribution in [0.2, 0.25) is 0 Å². The summed E-state index contributed by atoms with van der Waals surface area (Å²) in [7, 11) is 0. The van der Waals surface area contributed by atoms with Crippen LogP contribution in [0, 0.1) is 0 Å². The van der Waals surface area contributed by atoms with E-state index in [1.165, 1.54) is 5.01 Å². The maximum atomic E-state index is 5.79. The molecule has 2 N–H and O–H groups in total. The van der Waals surface area contributed by atoms with Crippen LogP contribution in [-0.2, 0) is 6.42 Å². The average Bonchev–Trinajstić information content (AvgIpc) is 2.84. The fourth-order valence-corrected chi connectivity index (χ4v) is 2.31. The monoisotopic (exact) mass is 233 g/mol. The highest BCUT2D eigenvalue weighted by atomic mass is 32.1. The molecule has 0 spiro atoms. The van der Waals surface area contributed by atoms with Gasteiger partial charge in [0.15, 0.2) is 0 Å². The lowest BCUT2D eigenvalue weighted by molar-refractivity contribution is 0.616. The number of nitrogens with zero attached hydrogens (tertiary/aromatic N) is 2. The lowest BCUT2D eigenvalue weighted by Gasteiger charge is -2.12. The molecular weight excluding hydrogens is 218 g/mol. The number of aromatic nitrogens is 2. The molecule has 0 fully saturated rings. The fraction of sp³-hybridized carbons (Fsp3) is 0.333. The Hall–Kier alpha value is -1.26. The van der Waals surface area contributed by atoms with E-state index in [2.05, 4.69) is 9.97 Å². The van der Waals surface area contributed by atoms with Crippen molar-refractivity contribution in [1.82, 2.24) is 9.97 Å². The summed E-state index contributed by atoms with van der Waals surface area (Å²) in [5.41, 5.74) is 6.87. The number of pyridine rings is 1. The van der Waals surface area contributed by atoms with Crippen molar-refractivity contribution < 1.29 is 0 Å². The first-order chi connectivity index (χ1) is 7.90. The zero-order valence-corrected chi connectivity index (χ0v) is 9.86. The van der Waals surface area contributed by atoms with Crippen molar-refractivity contribution in [3.8, 4) is 0 Å². The summed E-state index contributed by atoms with van der Waals surface area (Å²) in [5.74, 6) is 0.338. The summed E-state index contributed by atoms with van der Waals surface area (Å²) in [4.78, 5) is 8.63. The molecule has 0 radical (unpaired) electrons. The summed E-state index contributed by atoms with van der Waals surface area (Å²) in [6.45, 7) is 0.641. The number of aryl methyl sites for hydroxylation is 1. The summed E-state index contributed by atoms with van der Waals surface area (Å²) in [6.07, 6.45) is 5.66. The molecule has 0 amide bonds. The number of thiazole rings is 1. The Morgan fingerprint density at radius 1 is 1.25 bits per heavy atom. The number of rotatable bonds is 5. The van der Waals surface area contributed by atoms with Crippen LogP contribution in [0.15, 0.2) is 36.0 Å². The molecule has 2 heterocycles. The van der Waals surface area contributed by atoms with Gasteiger partial charge in [-0.15, -0.1) is 11.3 Å². The normalized spacial score (nSPS) is 12.6. The van der Waals surface area contributed by atoms with E-state index in [1.54, 1.807) is 11.3 Å². The number of nitrogens with two attached hydrogens (primary N) is 1. The highest BCUT2D eigenvalue weighted by Gasteiger charge is 2.11. The van der Waals surface area contributed by atoms with Crippen molar-refractivity contribution in [2.75, 3.05) is 6.54 Å². The molecule has 1 atom stereocenters. The smallest absolute Gasteiger partial charge is 0.0925 e. The minimum Gasteiger partial charge on any atom is -0.330 e. The van der Waals surface area contributed by atoms with Gasteiger partial charge in [-0.3, -0.25) is 4.98 Å². The second-order valence-corrected chi connectivity index (χ2v) is 4.63. The van der Waals surface area contributed by atoms with Crippen LogP contribution < -0.4 is 5.73 Å². The van der Waals surface area contributed by atoms with Crippen LogP contribution in [0.25, 0.3) is 0 Å². The van der Waals surface area contributed by atoms with Gasteiger partial charge in [0.05, 0.1) is 5.01 Å². The lowest BCUT2D eigenvalue weighted by Crippen LogP contribution is -2.14. The maximum absolute atomic E-state index is 5.79. The Bertz CT molecular complexity index is 399. The van der Waals surface area contributed by atoms with E-state index in [0.717, 1.165) is 18.5 Å². The van der Waals surface area contributed by atoms with Crippen molar-refractivity contribution in [3.63, 3.8) is 0 Å². The van der Waals surface area contributed by atoms with Gasteiger partial charge in [-0.2, -0.15) is 0 Å². The van der Waals surface area contributed by atoms with Crippen molar-refractivity contribution in [2.24, 2.45) is 5.73 Å². The Morgan fingerprint density at radius 2 is 2.19 bits per heavy atom. The van der Waals surface area contributed by atoms with E-state index in [9.17, 15) is 0 Å². The number of hydrogen-bond donors (Lipinski definition) is 1. The highest BCUT2D eigenvalue weighted by molar-refractivity contribution is 7.09. The third kappa shape index (κ3) is 2.87. The van der Waals surface area contributed by atoms with Crippen LogP contribution in [0.3, 0.4) is 0 Å². The summed E-state index contributed by atoms with van der Waals surface area (Å²) in [5, 5.41) is 3.18. The SMILES string of the molecule is NCC(CCc1nccs1)c1ccccn1. The molecule has 2 rings (SSSR count). The maximum Gasteiger partial charge on any atom is 0.0925 e. The Kier molecular flexibility index (Phi) is 4.02. The molecule has 3 nitrogen and oxygen atoms in total. The zero-order valence-electron chi connectivity index (χ0n) is 9.04. The van der Waals surface area contributed by atoms with Crippen molar-refractivity contribution in [1.29, 1.82) is 0 Å². The van der Waals surface area contributed by atoms with E-state index in [0.29, 0.717) is 12.5 Å². The Labute approximate surface area is 99.4 Å². The molecule has 2 aromatic heterocycles. The highest BCUT2D eigenvalue weighted by Crippen LogP contribution is 2.19. The van der Waals surface area contributed by atoms with Gasteiger partial charge in [-0.1, -0.05) is 6.07 Å². The van der Waals surface area contributed by atoms with E-state index in [1.807, 2.05) is 36.0 Å². The van der Waals surface area contributed by atoms with E-state index in [-0.39, 0.29) is 0 Å². The fourth-order valence-electron chi connectivity index (χ4n) is 1.68. The third-order valence-electron chi connectivity index (χ3n) is 2.58. The van der Waals surface area contributed by atoms with Gasteiger partial charge >= 0.3 is 0 Å². The van der Waals surface area contributed by atoms with Gasteiger partial charge in [-0.25, -0.2) is 4.98 Å². The minimum absolute atomic E-state index is 0.338. The van der Waals surface area contributed by atoms with Gasteiger partial charge in [0.1, 0.15) is 0 Å². The molecule has 16 heavy (non-hydrogen) atoms. The summed E-state index contributed by atoms with van der Waals surface area (Å²) in [6, 6.07) is 5.98. The van der Waals surface area contributed by atoms with Crippen molar-refractivity contribution in [2.45, 2.75) is 18.8 Å². The van der Waals surface area contributed by atoms with Gasteiger partial charge < -0.3 is 5.73 Å². The van der Waals surface area contributed by atoms with Gasteiger partial charge in [-0.05, 0) is 25.0 Å². The van der Waals surface area contributed by atoms with Gasteiger partial charge in [0.25, 0.3) is 0 Å². The second-order valence-electron chi connectivity index (χ2n) is 3.65. The molecule has 2 aromatic rings. The first kappa shape index (κ1) is 11.2. The molecule has 0 aliphatic rings. The van der Waals surface area contributed by atoms with Crippen LogP contribution >= 0.6 is 11.3 Å².